The summed E-state index contributed by atoms with van der Waals surface area (Å²) in [7, 11) is 1.80. The minimum atomic E-state index is 0.214. The lowest BCUT2D eigenvalue weighted by atomic mass is 9.71. The normalized spacial score (nSPS) is 34.3. The molecule has 0 aromatic carbocycles. The van der Waals surface area contributed by atoms with Crippen molar-refractivity contribution in [3.8, 4) is 0 Å². The molecule has 1 amide bonds. The van der Waals surface area contributed by atoms with Crippen LogP contribution in [-0.2, 0) is 4.74 Å². The highest BCUT2D eigenvalue weighted by molar-refractivity contribution is 7.08. The van der Waals surface area contributed by atoms with E-state index in [0.29, 0.717) is 12.1 Å². The highest BCUT2D eigenvalue weighted by Crippen LogP contribution is 2.47. The molecule has 0 N–H and O–H groups in total. The van der Waals surface area contributed by atoms with Gasteiger partial charge in [-0.3, -0.25) is 4.79 Å². The summed E-state index contributed by atoms with van der Waals surface area (Å²) in [4.78, 5) is 14.7. The van der Waals surface area contributed by atoms with Gasteiger partial charge in [0.25, 0.3) is 5.91 Å². The Morgan fingerprint density at radius 3 is 3.05 bits per heavy atom. The lowest BCUT2D eigenvalue weighted by Crippen LogP contribution is -2.46. The number of thiophene rings is 1. The maximum atomic E-state index is 12.6. The molecule has 2 fully saturated rings. The largest absolute Gasteiger partial charge is 0.381 e. The average molecular weight is 279 g/mol. The smallest absolute Gasteiger partial charge is 0.254 e. The minimum absolute atomic E-state index is 0.214. The number of likely N-dealkylation sites (tertiary alicyclic amines) is 1. The van der Waals surface area contributed by atoms with Crippen molar-refractivity contribution in [1.82, 2.24) is 4.90 Å². The first-order valence-electron chi connectivity index (χ1n) is 7.00. The van der Waals surface area contributed by atoms with Crippen molar-refractivity contribution in [2.75, 3.05) is 13.7 Å². The van der Waals surface area contributed by atoms with Gasteiger partial charge in [-0.15, -0.1) is 0 Å². The fraction of sp³-hybridized carbons (Fsp3) is 0.667. The number of fused-ring (bicyclic) bond motifs is 1. The number of carbonyl (C=O) groups is 1. The number of methoxy groups -OCH3 is 1. The van der Waals surface area contributed by atoms with Crippen LogP contribution in [0, 0.1) is 5.41 Å². The summed E-state index contributed by atoms with van der Waals surface area (Å²) in [6.45, 7) is 3.22. The van der Waals surface area contributed by atoms with Crippen molar-refractivity contribution in [2.24, 2.45) is 5.41 Å². The van der Waals surface area contributed by atoms with Gasteiger partial charge in [-0.05, 0) is 42.5 Å². The maximum absolute atomic E-state index is 12.6. The third kappa shape index (κ3) is 2.21. The van der Waals surface area contributed by atoms with E-state index in [0.717, 1.165) is 37.8 Å². The molecule has 1 saturated heterocycles. The monoisotopic (exact) mass is 279 g/mol. The Morgan fingerprint density at radius 2 is 2.37 bits per heavy atom. The second kappa shape index (κ2) is 4.91. The van der Waals surface area contributed by atoms with Gasteiger partial charge in [0.2, 0.25) is 0 Å². The van der Waals surface area contributed by atoms with Crippen LogP contribution in [0.15, 0.2) is 16.8 Å². The van der Waals surface area contributed by atoms with Crippen LogP contribution in [-0.4, -0.2) is 36.6 Å². The fourth-order valence-corrected chi connectivity index (χ4v) is 4.41. The topological polar surface area (TPSA) is 29.5 Å². The molecule has 2 aliphatic rings. The first-order valence-corrected chi connectivity index (χ1v) is 7.94. The van der Waals surface area contributed by atoms with E-state index in [1.165, 1.54) is 0 Å². The summed E-state index contributed by atoms with van der Waals surface area (Å²) in [6, 6.07) is 2.33. The second-order valence-electron chi connectivity index (χ2n) is 6.07. The molecule has 1 aromatic heterocycles. The zero-order chi connectivity index (χ0) is 13.5. The summed E-state index contributed by atoms with van der Waals surface area (Å²) < 4.78 is 5.53. The van der Waals surface area contributed by atoms with Crippen molar-refractivity contribution >= 4 is 17.2 Å². The first kappa shape index (κ1) is 13.1. The molecule has 104 valence electrons. The third-order valence-electron chi connectivity index (χ3n) is 4.92. The molecule has 1 saturated carbocycles. The number of hydrogen-bond donors (Lipinski definition) is 0. The van der Waals surface area contributed by atoms with Crippen LogP contribution < -0.4 is 0 Å². The van der Waals surface area contributed by atoms with Crippen molar-refractivity contribution in [3.05, 3.63) is 22.4 Å². The SMILES string of the molecule is CO[C@@H]1CC[C@H]2N(C(=O)c3ccsc3)CC[C@@]2(C)C1. The zero-order valence-electron chi connectivity index (χ0n) is 11.6. The van der Waals surface area contributed by atoms with E-state index >= 15 is 0 Å². The van der Waals surface area contributed by atoms with Crippen molar-refractivity contribution in [1.29, 1.82) is 0 Å². The Kier molecular flexibility index (Phi) is 3.39. The average Bonchev–Trinajstić information content (AvgIpc) is 3.04. The third-order valence-corrected chi connectivity index (χ3v) is 5.61. The highest BCUT2D eigenvalue weighted by Gasteiger charge is 2.49. The number of amides is 1. The number of hydrogen-bond acceptors (Lipinski definition) is 3. The lowest BCUT2D eigenvalue weighted by Gasteiger charge is -2.42. The van der Waals surface area contributed by atoms with Gasteiger partial charge in [0.15, 0.2) is 0 Å². The second-order valence-corrected chi connectivity index (χ2v) is 6.85. The zero-order valence-corrected chi connectivity index (χ0v) is 12.4. The molecule has 0 radical (unpaired) electrons. The molecule has 0 spiro atoms. The standard InChI is InChI=1S/C15H21NO2S/c1-15-6-7-16(14(17)11-5-8-19-10-11)13(15)4-3-12(9-15)18-2/h5,8,10,12-13H,3-4,6-7,9H2,1-2H3/t12-,13-,15+/m1/s1. The first-order chi connectivity index (χ1) is 9.14. The van der Waals surface area contributed by atoms with Gasteiger partial charge in [0.1, 0.15) is 0 Å². The molecular weight excluding hydrogens is 258 g/mol. The maximum Gasteiger partial charge on any atom is 0.254 e. The predicted molar refractivity (Wildman–Crippen MR) is 76.5 cm³/mol. The van der Waals surface area contributed by atoms with Crippen molar-refractivity contribution < 1.29 is 9.53 Å². The lowest BCUT2D eigenvalue weighted by molar-refractivity contribution is -0.00275. The molecule has 0 unspecified atom stereocenters. The van der Waals surface area contributed by atoms with Gasteiger partial charge in [0, 0.05) is 25.1 Å². The fourth-order valence-electron chi connectivity index (χ4n) is 3.78. The van der Waals surface area contributed by atoms with Gasteiger partial charge in [-0.1, -0.05) is 6.92 Å². The van der Waals surface area contributed by atoms with Gasteiger partial charge in [-0.25, -0.2) is 0 Å². The Hall–Kier alpha value is -0.870. The number of rotatable bonds is 2. The van der Waals surface area contributed by atoms with E-state index in [2.05, 4.69) is 11.8 Å². The van der Waals surface area contributed by atoms with E-state index in [9.17, 15) is 4.79 Å². The summed E-state index contributed by atoms with van der Waals surface area (Å²) in [5.74, 6) is 0.214. The van der Waals surface area contributed by atoms with Crippen LogP contribution in [0.5, 0.6) is 0 Å². The van der Waals surface area contributed by atoms with Crippen LogP contribution in [0.25, 0.3) is 0 Å². The Balaban J connectivity index is 1.78. The van der Waals surface area contributed by atoms with Gasteiger partial charge >= 0.3 is 0 Å². The Bertz CT molecular complexity index is 459. The summed E-state index contributed by atoms with van der Waals surface area (Å²) in [5.41, 5.74) is 1.09. The number of nitrogens with zero attached hydrogens (tertiary/aromatic N) is 1. The molecule has 1 aromatic rings. The van der Waals surface area contributed by atoms with Crippen LogP contribution in [0.1, 0.15) is 43.0 Å². The van der Waals surface area contributed by atoms with Crippen LogP contribution in [0.2, 0.25) is 0 Å². The highest BCUT2D eigenvalue weighted by atomic mass is 32.1. The van der Waals surface area contributed by atoms with E-state index in [1.54, 1.807) is 18.4 Å². The van der Waals surface area contributed by atoms with Crippen molar-refractivity contribution in [2.45, 2.75) is 44.8 Å². The summed E-state index contributed by atoms with van der Waals surface area (Å²) in [6.07, 6.45) is 4.71. The van der Waals surface area contributed by atoms with Crippen molar-refractivity contribution in [3.63, 3.8) is 0 Å². The molecule has 1 aliphatic heterocycles. The quantitative estimate of drug-likeness (QED) is 0.832. The van der Waals surface area contributed by atoms with Gasteiger partial charge < -0.3 is 9.64 Å². The molecule has 1 aliphatic carbocycles. The summed E-state index contributed by atoms with van der Waals surface area (Å²) in [5, 5.41) is 3.93. The molecule has 3 rings (SSSR count). The number of carbonyl (C=O) groups excluding carboxylic acids is 1. The van der Waals surface area contributed by atoms with Crippen LogP contribution in [0.3, 0.4) is 0 Å². The molecule has 3 nitrogen and oxygen atoms in total. The molecule has 3 atom stereocenters. The van der Waals surface area contributed by atoms with Gasteiger partial charge in [-0.2, -0.15) is 11.3 Å². The molecule has 2 heterocycles. The number of ether oxygens (including phenoxy) is 1. The van der Waals surface area contributed by atoms with Gasteiger partial charge in [0.05, 0.1) is 11.7 Å². The van der Waals surface area contributed by atoms with E-state index in [1.807, 2.05) is 16.8 Å². The van der Waals surface area contributed by atoms with E-state index in [4.69, 9.17) is 4.74 Å². The van der Waals surface area contributed by atoms with Crippen LogP contribution in [0.4, 0.5) is 0 Å². The van der Waals surface area contributed by atoms with Crippen LogP contribution >= 0.6 is 11.3 Å². The minimum Gasteiger partial charge on any atom is -0.381 e. The van der Waals surface area contributed by atoms with E-state index < -0.39 is 0 Å². The molecule has 19 heavy (non-hydrogen) atoms. The summed E-state index contributed by atoms with van der Waals surface area (Å²) >= 11 is 1.59. The molecular formula is C15H21NO2S. The predicted octanol–water partition coefficient (Wildman–Crippen LogP) is 3.17. The molecule has 4 heteroatoms. The molecule has 0 bridgehead atoms. The Morgan fingerprint density at radius 1 is 1.53 bits per heavy atom. The van der Waals surface area contributed by atoms with E-state index in [-0.39, 0.29) is 11.3 Å². The Labute approximate surface area is 118 Å².